The quantitative estimate of drug-likeness (QED) is 0.294. The number of benzene rings is 3. The Balaban J connectivity index is 2.12. The third-order valence-corrected chi connectivity index (χ3v) is 8.77. The van der Waals surface area contributed by atoms with Gasteiger partial charge in [0.15, 0.2) is 0 Å². The largest absolute Gasteiger partial charge is 0.495 e. The second-order valence-electron chi connectivity index (χ2n) is 8.97. The van der Waals surface area contributed by atoms with Crippen molar-refractivity contribution in [3.63, 3.8) is 0 Å². The molecule has 40 heavy (non-hydrogen) atoms. The second kappa shape index (κ2) is 13.6. The zero-order valence-electron chi connectivity index (χ0n) is 22.4. The van der Waals surface area contributed by atoms with Crippen LogP contribution in [0.1, 0.15) is 25.0 Å². The van der Waals surface area contributed by atoms with Crippen molar-refractivity contribution in [2.45, 2.75) is 38.3 Å². The summed E-state index contributed by atoms with van der Waals surface area (Å²) in [4.78, 5) is 28.1. The molecule has 0 radical (unpaired) electrons. The van der Waals surface area contributed by atoms with E-state index in [2.05, 4.69) is 5.32 Å². The fraction of sp³-hybridized carbons (Fsp3) is 0.286. The molecule has 214 valence electrons. The van der Waals surface area contributed by atoms with Crippen LogP contribution in [-0.2, 0) is 26.2 Å². The number of aryl methyl sites for hydroxylation is 1. The lowest BCUT2D eigenvalue weighted by atomic mass is 10.1. The van der Waals surface area contributed by atoms with Crippen molar-refractivity contribution in [3.8, 4) is 5.75 Å². The molecular weight excluding hydrogens is 597 g/mol. The van der Waals surface area contributed by atoms with Crippen LogP contribution in [0.25, 0.3) is 0 Å². The van der Waals surface area contributed by atoms with Gasteiger partial charge in [0.25, 0.3) is 10.0 Å². The van der Waals surface area contributed by atoms with Crippen LogP contribution in [0.2, 0.25) is 15.1 Å². The first kappa shape index (κ1) is 31.5. The summed E-state index contributed by atoms with van der Waals surface area (Å²) in [6.07, 6.45) is 0. The van der Waals surface area contributed by atoms with Crippen molar-refractivity contribution in [1.29, 1.82) is 0 Å². The van der Waals surface area contributed by atoms with Gasteiger partial charge in [-0.25, -0.2) is 8.42 Å². The standard InChI is InChI=1S/C28H30Cl3N3O5S/c1-5-32-28(36)19(3)33(16-20-8-9-21(29)14-24(20)31)27(35)17-34(25-15-22(30)10-13-26(25)39-4)40(37,38)23-11-6-18(2)7-12-23/h6-15,19H,5,16-17H2,1-4H3,(H,32,36). The van der Waals surface area contributed by atoms with Crippen LogP contribution in [0, 0.1) is 6.92 Å². The van der Waals surface area contributed by atoms with Crippen molar-refractivity contribution in [2.75, 3.05) is 24.5 Å². The van der Waals surface area contributed by atoms with E-state index in [0.717, 1.165) is 9.87 Å². The fourth-order valence-corrected chi connectivity index (χ4v) is 6.00. The van der Waals surface area contributed by atoms with Gasteiger partial charge in [-0.15, -0.1) is 0 Å². The Morgan fingerprint density at radius 2 is 1.60 bits per heavy atom. The molecule has 1 N–H and O–H groups in total. The smallest absolute Gasteiger partial charge is 0.264 e. The zero-order chi connectivity index (χ0) is 29.6. The Hall–Kier alpha value is -2.98. The van der Waals surface area contributed by atoms with Gasteiger partial charge in [-0.05, 0) is 68.8 Å². The van der Waals surface area contributed by atoms with E-state index in [-0.39, 0.29) is 27.9 Å². The topological polar surface area (TPSA) is 96.0 Å². The van der Waals surface area contributed by atoms with Crippen molar-refractivity contribution in [2.24, 2.45) is 0 Å². The van der Waals surface area contributed by atoms with Gasteiger partial charge in [0.1, 0.15) is 18.3 Å². The van der Waals surface area contributed by atoms with Crippen molar-refractivity contribution >= 4 is 62.3 Å². The summed E-state index contributed by atoms with van der Waals surface area (Å²) in [6, 6.07) is 14.6. The lowest BCUT2D eigenvalue weighted by Gasteiger charge is -2.32. The average Bonchev–Trinajstić information content (AvgIpc) is 2.91. The molecule has 2 amide bonds. The van der Waals surface area contributed by atoms with Crippen molar-refractivity contribution in [1.82, 2.24) is 10.2 Å². The number of sulfonamides is 1. The normalized spacial score (nSPS) is 12.0. The van der Waals surface area contributed by atoms with Gasteiger partial charge in [0, 0.05) is 28.2 Å². The molecule has 3 aromatic carbocycles. The van der Waals surface area contributed by atoms with Gasteiger partial charge < -0.3 is 15.0 Å². The molecule has 1 atom stereocenters. The first-order chi connectivity index (χ1) is 18.9. The van der Waals surface area contributed by atoms with Crippen LogP contribution in [0.15, 0.2) is 65.6 Å². The first-order valence-corrected chi connectivity index (χ1v) is 14.9. The first-order valence-electron chi connectivity index (χ1n) is 12.3. The van der Waals surface area contributed by atoms with Crippen LogP contribution in [0.4, 0.5) is 5.69 Å². The highest BCUT2D eigenvalue weighted by Crippen LogP contribution is 2.35. The number of ether oxygens (including phenoxy) is 1. The minimum Gasteiger partial charge on any atom is -0.495 e. The molecule has 0 aliphatic carbocycles. The summed E-state index contributed by atoms with van der Waals surface area (Å²) in [5.74, 6) is -0.867. The summed E-state index contributed by atoms with van der Waals surface area (Å²) < 4.78 is 34.3. The fourth-order valence-electron chi connectivity index (χ4n) is 3.95. The highest BCUT2D eigenvalue weighted by Gasteiger charge is 2.34. The van der Waals surface area contributed by atoms with E-state index >= 15 is 0 Å². The number of anilines is 1. The molecule has 0 fully saturated rings. The summed E-state index contributed by atoms with van der Waals surface area (Å²) >= 11 is 18.7. The van der Waals surface area contributed by atoms with E-state index in [0.29, 0.717) is 22.2 Å². The molecule has 0 bridgehead atoms. The van der Waals surface area contributed by atoms with E-state index in [1.807, 2.05) is 6.92 Å². The number of nitrogens with zero attached hydrogens (tertiary/aromatic N) is 2. The number of nitrogens with one attached hydrogen (secondary N) is 1. The summed E-state index contributed by atoms with van der Waals surface area (Å²) in [5.41, 5.74) is 1.46. The molecule has 3 aromatic rings. The highest BCUT2D eigenvalue weighted by molar-refractivity contribution is 7.92. The van der Waals surface area contributed by atoms with Crippen LogP contribution in [0.5, 0.6) is 5.75 Å². The summed E-state index contributed by atoms with van der Waals surface area (Å²) in [7, 11) is -2.90. The maximum absolute atomic E-state index is 14.0. The molecule has 0 saturated carbocycles. The number of likely N-dealkylation sites (N-methyl/N-ethyl adjacent to an activating group) is 1. The maximum Gasteiger partial charge on any atom is 0.264 e. The number of methoxy groups -OCH3 is 1. The van der Waals surface area contributed by atoms with Crippen LogP contribution >= 0.6 is 34.8 Å². The number of carbonyl (C=O) groups is 2. The van der Waals surface area contributed by atoms with Crippen molar-refractivity contribution < 1.29 is 22.7 Å². The number of rotatable bonds is 11. The SMILES string of the molecule is CCNC(=O)C(C)N(Cc1ccc(Cl)cc1Cl)C(=O)CN(c1cc(Cl)ccc1OC)S(=O)(=O)c1ccc(C)cc1. The number of halogens is 3. The Kier molecular flexibility index (Phi) is 10.7. The minimum absolute atomic E-state index is 0.0306. The Bertz CT molecular complexity index is 1480. The average molecular weight is 627 g/mol. The minimum atomic E-state index is -4.29. The number of hydrogen-bond donors (Lipinski definition) is 1. The molecule has 8 nitrogen and oxygen atoms in total. The van der Waals surface area contributed by atoms with E-state index in [1.54, 1.807) is 44.2 Å². The molecule has 3 rings (SSSR count). The maximum atomic E-state index is 14.0. The van der Waals surface area contributed by atoms with Gasteiger partial charge in [0.05, 0.1) is 17.7 Å². The third kappa shape index (κ3) is 7.40. The monoisotopic (exact) mass is 625 g/mol. The number of hydrogen-bond acceptors (Lipinski definition) is 5. The molecule has 0 heterocycles. The second-order valence-corrected chi connectivity index (χ2v) is 12.1. The predicted octanol–water partition coefficient (Wildman–Crippen LogP) is 5.71. The predicted molar refractivity (Wildman–Crippen MR) is 159 cm³/mol. The summed E-state index contributed by atoms with van der Waals surface area (Å²) in [5, 5.41) is 3.66. The Morgan fingerprint density at radius 3 is 2.20 bits per heavy atom. The van der Waals surface area contributed by atoms with Gasteiger partial charge >= 0.3 is 0 Å². The van der Waals surface area contributed by atoms with E-state index in [9.17, 15) is 18.0 Å². The van der Waals surface area contributed by atoms with Gasteiger partial charge in [-0.3, -0.25) is 13.9 Å². The summed E-state index contributed by atoms with van der Waals surface area (Å²) in [6.45, 7) is 4.78. The Morgan fingerprint density at radius 1 is 0.975 bits per heavy atom. The lowest BCUT2D eigenvalue weighted by Crippen LogP contribution is -2.51. The van der Waals surface area contributed by atoms with Gasteiger partial charge in [-0.1, -0.05) is 58.6 Å². The highest BCUT2D eigenvalue weighted by atomic mass is 35.5. The Labute approximate surface area is 249 Å². The zero-order valence-corrected chi connectivity index (χ0v) is 25.5. The number of amides is 2. The van der Waals surface area contributed by atoms with E-state index < -0.39 is 34.4 Å². The van der Waals surface area contributed by atoms with Crippen LogP contribution in [-0.4, -0.2) is 51.4 Å². The van der Waals surface area contributed by atoms with Crippen LogP contribution in [0.3, 0.4) is 0 Å². The van der Waals surface area contributed by atoms with Crippen molar-refractivity contribution in [3.05, 3.63) is 86.9 Å². The van der Waals surface area contributed by atoms with Gasteiger partial charge in [-0.2, -0.15) is 0 Å². The molecule has 12 heteroatoms. The van der Waals surface area contributed by atoms with E-state index in [1.165, 1.54) is 42.3 Å². The third-order valence-electron chi connectivity index (χ3n) is 6.17. The van der Waals surface area contributed by atoms with E-state index in [4.69, 9.17) is 39.5 Å². The molecule has 0 aliphatic rings. The lowest BCUT2D eigenvalue weighted by molar-refractivity contribution is -0.139. The molecule has 1 unspecified atom stereocenters. The molecule has 0 aliphatic heterocycles. The molecular formula is C28H30Cl3N3O5S. The van der Waals surface area contributed by atoms with Gasteiger partial charge in [0.2, 0.25) is 11.8 Å². The van der Waals surface area contributed by atoms with Crippen LogP contribution < -0.4 is 14.4 Å². The number of carbonyl (C=O) groups excluding carboxylic acids is 2. The molecule has 0 spiro atoms. The molecule has 0 aromatic heterocycles. The molecule has 0 saturated heterocycles.